The van der Waals surface area contributed by atoms with E-state index < -0.39 is 0 Å². The average molecular weight is 186 g/mol. The Bertz CT molecular complexity index is 134. The van der Waals surface area contributed by atoms with Gasteiger partial charge in [-0.05, 0) is 45.9 Å². The Morgan fingerprint density at radius 1 is 1.38 bits per heavy atom. The fourth-order valence-electron chi connectivity index (χ4n) is 2.15. The second-order valence-electron chi connectivity index (χ2n) is 4.09. The summed E-state index contributed by atoms with van der Waals surface area (Å²) in [6, 6.07) is 0. The number of aliphatic hydroxyl groups excluding tert-OH is 1. The van der Waals surface area contributed by atoms with Crippen molar-refractivity contribution in [3.63, 3.8) is 0 Å². The maximum Gasteiger partial charge on any atom is 0.0448 e. The van der Waals surface area contributed by atoms with Crippen molar-refractivity contribution >= 4 is 0 Å². The second kappa shape index (κ2) is 4.94. The molecule has 1 saturated heterocycles. The molecule has 3 nitrogen and oxygen atoms in total. The van der Waals surface area contributed by atoms with Crippen LogP contribution in [0, 0.1) is 0 Å². The van der Waals surface area contributed by atoms with Gasteiger partial charge in [-0.15, -0.1) is 0 Å². The average Bonchev–Trinajstić information content (AvgIpc) is 2.11. The SMILES string of the molecule is CCNC1(CCO)CCN(C)CC1. The molecule has 0 aliphatic carbocycles. The summed E-state index contributed by atoms with van der Waals surface area (Å²) in [4.78, 5) is 2.35. The van der Waals surface area contributed by atoms with E-state index >= 15 is 0 Å². The Kier molecular flexibility index (Phi) is 4.16. The molecule has 0 radical (unpaired) electrons. The first-order chi connectivity index (χ1) is 6.22. The number of piperidine rings is 1. The van der Waals surface area contributed by atoms with Gasteiger partial charge in [-0.2, -0.15) is 0 Å². The highest BCUT2D eigenvalue weighted by molar-refractivity contribution is 4.92. The van der Waals surface area contributed by atoms with Gasteiger partial charge in [-0.25, -0.2) is 0 Å². The standard InChI is InChI=1S/C10H22N2O/c1-3-11-10(6-9-13)4-7-12(2)8-5-10/h11,13H,3-9H2,1-2H3. The van der Waals surface area contributed by atoms with Crippen molar-refractivity contribution in [2.45, 2.75) is 31.7 Å². The molecule has 1 aliphatic rings. The van der Waals surface area contributed by atoms with E-state index in [0.717, 1.165) is 38.9 Å². The smallest absolute Gasteiger partial charge is 0.0448 e. The van der Waals surface area contributed by atoms with Gasteiger partial charge in [0, 0.05) is 12.1 Å². The molecule has 0 aromatic rings. The number of rotatable bonds is 4. The van der Waals surface area contributed by atoms with E-state index in [1.165, 1.54) is 0 Å². The lowest BCUT2D eigenvalue weighted by atomic mass is 9.85. The van der Waals surface area contributed by atoms with E-state index in [1.807, 2.05) is 0 Å². The van der Waals surface area contributed by atoms with E-state index in [2.05, 4.69) is 24.2 Å². The zero-order valence-electron chi connectivity index (χ0n) is 8.84. The van der Waals surface area contributed by atoms with Crippen LogP contribution < -0.4 is 5.32 Å². The summed E-state index contributed by atoms with van der Waals surface area (Å²) in [7, 11) is 2.16. The highest BCUT2D eigenvalue weighted by Gasteiger charge is 2.31. The Balaban J connectivity index is 2.47. The van der Waals surface area contributed by atoms with Gasteiger partial charge in [-0.3, -0.25) is 0 Å². The van der Waals surface area contributed by atoms with Crippen molar-refractivity contribution in [3.8, 4) is 0 Å². The van der Waals surface area contributed by atoms with Gasteiger partial charge in [0.1, 0.15) is 0 Å². The minimum Gasteiger partial charge on any atom is -0.396 e. The Morgan fingerprint density at radius 2 is 2.00 bits per heavy atom. The van der Waals surface area contributed by atoms with Crippen LogP contribution >= 0.6 is 0 Å². The molecule has 1 heterocycles. The molecule has 1 fully saturated rings. The fraction of sp³-hybridized carbons (Fsp3) is 1.00. The molecular formula is C10H22N2O. The molecule has 1 aliphatic heterocycles. The lowest BCUT2D eigenvalue weighted by Gasteiger charge is -2.41. The summed E-state index contributed by atoms with van der Waals surface area (Å²) < 4.78 is 0. The van der Waals surface area contributed by atoms with Crippen LogP contribution in [0.4, 0.5) is 0 Å². The third-order valence-electron chi connectivity index (χ3n) is 3.09. The van der Waals surface area contributed by atoms with Gasteiger partial charge in [0.05, 0.1) is 0 Å². The molecule has 0 bridgehead atoms. The van der Waals surface area contributed by atoms with E-state index in [-0.39, 0.29) is 5.54 Å². The van der Waals surface area contributed by atoms with E-state index in [9.17, 15) is 0 Å². The summed E-state index contributed by atoms with van der Waals surface area (Å²) in [5.74, 6) is 0. The largest absolute Gasteiger partial charge is 0.396 e. The Labute approximate surface area is 81.1 Å². The highest BCUT2D eigenvalue weighted by atomic mass is 16.3. The van der Waals surface area contributed by atoms with Gasteiger partial charge in [0.15, 0.2) is 0 Å². The zero-order valence-corrected chi connectivity index (χ0v) is 8.84. The van der Waals surface area contributed by atoms with Crippen LogP contribution in [0.15, 0.2) is 0 Å². The molecule has 78 valence electrons. The third kappa shape index (κ3) is 2.93. The van der Waals surface area contributed by atoms with Crippen LogP contribution in [0.2, 0.25) is 0 Å². The first kappa shape index (κ1) is 11.0. The lowest BCUT2D eigenvalue weighted by molar-refractivity contribution is 0.124. The number of nitrogens with one attached hydrogen (secondary N) is 1. The molecule has 3 heteroatoms. The van der Waals surface area contributed by atoms with Crippen molar-refractivity contribution in [3.05, 3.63) is 0 Å². The maximum absolute atomic E-state index is 9.02. The van der Waals surface area contributed by atoms with Crippen LogP contribution in [0.3, 0.4) is 0 Å². The minimum atomic E-state index is 0.218. The van der Waals surface area contributed by atoms with E-state index in [1.54, 1.807) is 0 Å². The predicted molar refractivity (Wildman–Crippen MR) is 54.8 cm³/mol. The topological polar surface area (TPSA) is 35.5 Å². The van der Waals surface area contributed by atoms with E-state index in [4.69, 9.17) is 5.11 Å². The first-order valence-electron chi connectivity index (χ1n) is 5.27. The number of nitrogens with zero attached hydrogens (tertiary/aromatic N) is 1. The molecule has 0 aromatic heterocycles. The van der Waals surface area contributed by atoms with Gasteiger partial charge >= 0.3 is 0 Å². The quantitative estimate of drug-likeness (QED) is 0.669. The predicted octanol–water partition coefficient (Wildman–Crippen LogP) is 0.443. The molecule has 0 saturated carbocycles. The molecule has 13 heavy (non-hydrogen) atoms. The van der Waals surface area contributed by atoms with Crippen molar-refractivity contribution in [1.29, 1.82) is 0 Å². The summed E-state index contributed by atoms with van der Waals surface area (Å²) in [5.41, 5.74) is 0.218. The summed E-state index contributed by atoms with van der Waals surface area (Å²) >= 11 is 0. The van der Waals surface area contributed by atoms with Gasteiger partial charge in [-0.1, -0.05) is 6.92 Å². The van der Waals surface area contributed by atoms with Crippen LogP contribution in [-0.4, -0.2) is 48.8 Å². The van der Waals surface area contributed by atoms with Crippen molar-refractivity contribution in [1.82, 2.24) is 10.2 Å². The fourth-order valence-corrected chi connectivity index (χ4v) is 2.15. The second-order valence-corrected chi connectivity index (χ2v) is 4.09. The zero-order chi connectivity index (χ0) is 9.73. The van der Waals surface area contributed by atoms with Crippen molar-refractivity contribution in [2.75, 3.05) is 33.3 Å². The van der Waals surface area contributed by atoms with E-state index in [0.29, 0.717) is 6.61 Å². The molecule has 0 unspecified atom stereocenters. The molecule has 0 aromatic carbocycles. The van der Waals surface area contributed by atoms with Crippen LogP contribution in [-0.2, 0) is 0 Å². The van der Waals surface area contributed by atoms with Gasteiger partial charge in [0.2, 0.25) is 0 Å². The molecule has 0 amide bonds. The van der Waals surface area contributed by atoms with Crippen LogP contribution in [0.25, 0.3) is 0 Å². The van der Waals surface area contributed by atoms with Gasteiger partial charge < -0.3 is 15.3 Å². The molecule has 0 spiro atoms. The molecule has 2 N–H and O–H groups in total. The molecule has 0 atom stereocenters. The van der Waals surface area contributed by atoms with Crippen molar-refractivity contribution in [2.24, 2.45) is 0 Å². The maximum atomic E-state index is 9.02. The lowest BCUT2D eigenvalue weighted by Crippen LogP contribution is -2.53. The summed E-state index contributed by atoms with van der Waals surface area (Å²) in [6.07, 6.45) is 3.23. The van der Waals surface area contributed by atoms with Crippen LogP contribution in [0.1, 0.15) is 26.2 Å². The van der Waals surface area contributed by atoms with Crippen molar-refractivity contribution < 1.29 is 5.11 Å². The number of aliphatic hydroxyl groups is 1. The molecular weight excluding hydrogens is 164 g/mol. The first-order valence-corrected chi connectivity index (χ1v) is 5.27. The highest BCUT2D eigenvalue weighted by Crippen LogP contribution is 2.24. The Morgan fingerprint density at radius 3 is 2.46 bits per heavy atom. The summed E-state index contributed by atoms with van der Waals surface area (Å²) in [6.45, 7) is 5.73. The monoisotopic (exact) mass is 186 g/mol. The van der Waals surface area contributed by atoms with Gasteiger partial charge in [0.25, 0.3) is 0 Å². The molecule has 1 rings (SSSR count). The number of hydrogen-bond acceptors (Lipinski definition) is 3. The Hall–Kier alpha value is -0.120. The minimum absolute atomic E-state index is 0.218. The summed E-state index contributed by atoms with van der Waals surface area (Å²) in [5, 5.41) is 12.6. The number of likely N-dealkylation sites (tertiary alicyclic amines) is 1. The normalized spacial score (nSPS) is 23.3. The van der Waals surface area contributed by atoms with Crippen LogP contribution in [0.5, 0.6) is 0 Å². The third-order valence-corrected chi connectivity index (χ3v) is 3.09. The number of hydrogen-bond donors (Lipinski definition) is 2.